The van der Waals surface area contributed by atoms with Crippen molar-refractivity contribution in [3.8, 4) is 0 Å². The minimum absolute atomic E-state index is 0.0655. The van der Waals surface area contributed by atoms with Crippen molar-refractivity contribution in [3.05, 3.63) is 77.7 Å². The predicted octanol–water partition coefficient (Wildman–Crippen LogP) is 2.51. The average molecular weight is 377 g/mol. The van der Waals surface area contributed by atoms with E-state index in [4.69, 9.17) is 4.52 Å². The molecule has 0 aliphatic carbocycles. The van der Waals surface area contributed by atoms with Crippen LogP contribution in [0.4, 0.5) is 0 Å². The van der Waals surface area contributed by atoms with Crippen molar-refractivity contribution in [2.75, 3.05) is 13.1 Å². The van der Waals surface area contributed by atoms with Crippen LogP contribution in [-0.2, 0) is 17.8 Å². The number of carbonyl (C=O) groups is 1. The maximum Gasteiger partial charge on any atom is 0.242 e. The Morgan fingerprint density at radius 3 is 2.71 bits per heavy atom. The number of aromatic nitrogens is 3. The summed E-state index contributed by atoms with van der Waals surface area (Å²) in [4.78, 5) is 23.7. The number of nitrogens with zero attached hydrogens (tertiary/aromatic N) is 4. The zero-order valence-electron chi connectivity index (χ0n) is 15.6. The molecule has 1 saturated heterocycles. The Hall–Kier alpha value is -3.06. The molecular weight excluding hydrogens is 354 g/mol. The molecule has 1 atom stereocenters. The van der Waals surface area contributed by atoms with Gasteiger partial charge < -0.3 is 9.84 Å². The number of pyridine rings is 1. The lowest BCUT2D eigenvalue weighted by Gasteiger charge is -2.26. The number of hydrogen-bond donors (Lipinski definition) is 1. The first-order chi connectivity index (χ1) is 13.8. The van der Waals surface area contributed by atoms with Gasteiger partial charge in [-0.3, -0.25) is 14.7 Å². The number of carbonyl (C=O) groups excluding carboxylic acids is 1. The summed E-state index contributed by atoms with van der Waals surface area (Å²) in [5, 5.41) is 6.95. The zero-order chi connectivity index (χ0) is 19.2. The lowest BCUT2D eigenvalue weighted by molar-refractivity contribution is -0.126. The van der Waals surface area contributed by atoms with E-state index in [-0.39, 0.29) is 18.5 Å². The third-order valence-electron chi connectivity index (χ3n) is 4.88. The predicted molar refractivity (Wildman–Crippen MR) is 103 cm³/mol. The lowest BCUT2D eigenvalue weighted by Crippen LogP contribution is -2.39. The normalized spacial score (nSPS) is 15.4. The maximum absolute atomic E-state index is 12.9. The number of benzene rings is 1. The summed E-state index contributed by atoms with van der Waals surface area (Å²) in [5.74, 6) is 0.953. The standard InChI is InChI=1S/C21H23N5O2/c27-21(20(26-11-4-5-12-26)17-9-6-10-22-14-17)23-15-18-24-19(28-25-18)13-16-7-2-1-3-8-16/h1-3,6-10,14,20H,4-5,11-13,15H2,(H,23,27)/t20-/m1/s1. The Morgan fingerprint density at radius 2 is 1.96 bits per heavy atom. The van der Waals surface area contributed by atoms with Gasteiger partial charge in [0.2, 0.25) is 11.8 Å². The molecule has 0 bridgehead atoms. The van der Waals surface area contributed by atoms with Crippen LogP contribution < -0.4 is 5.32 Å². The molecule has 0 unspecified atom stereocenters. The van der Waals surface area contributed by atoms with Crippen LogP contribution in [0.5, 0.6) is 0 Å². The summed E-state index contributed by atoms with van der Waals surface area (Å²) >= 11 is 0. The van der Waals surface area contributed by atoms with E-state index in [1.165, 1.54) is 0 Å². The summed E-state index contributed by atoms with van der Waals surface area (Å²) < 4.78 is 5.31. The molecule has 7 heteroatoms. The van der Waals surface area contributed by atoms with E-state index in [1.807, 2.05) is 42.5 Å². The summed E-state index contributed by atoms with van der Waals surface area (Å²) in [6.07, 6.45) is 6.27. The van der Waals surface area contributed by atoms with E-state index in [9.17, 15) is 4.79 Å². The van der Waals surface area contributed by atoms with Gasteiger partial charge in [0.25, 0.3) is 0 Å². The topological polar surface area (TPSA) is 84.2 Å². The molecule has 3 aromatic rings. The van der Waals surface area contributed by atoms with Gasteiger partial charge in [0.05, 0.1) is 13.0 Å². The highest BCUT2D eigenvalue weighted by Crippen LogP contribution is 2.24. The number of amides is 1. The SMILES string of the molecule is O=C(NCc1noc(Cc2ccccc2)n1)[C@@H](c1cccnc1)N1CCCC1. The Balaban J connectivity index is 1.40. The lowest BCUT2D eigenvalue weighted by atomic mass is 10.1. The minimum atomic E-state index is -0.341. The first-order valence-electron chi connectivity index (χ1n) is 9.56. The molecule has 1 aromatic carbocycles. The van der Waals surface area contributed by atoms with Crippen LogP contribution in [0.1, 0.15) is 41.7 Å². The summed E-state index contributed by atoms with van der Waals surface area (Å²) in [5.41, 5.74) is 2.01. The van der Waals surface area contributed by atoms with Gasteiger partial charge in [-0.1, -0.05) is 41.6 Å². The molecule has 3 heterocycles. The van der Waals surface area contributed by atoms with E-state index in [1.54, 1.807) is 12.4 Å². The van der Waals surface area contributed by atoms with Gasteiger partial charge in [0, 0.05) is 12.4 Å². The van der Waals surface area contributed by atoms with E-state index in [2.05, 4.69) is 25.3 Å². The second-order valence-corrected chi connectivity index (χ2v) is 6.92. The molecule has 2 aromatic heterocycles. The van der Waals surface area contributed by atoms with Crippen LogP contribution >= 0.6 is 0 Å². The molecule has 1 aliphatic heterocycles. The van der Waals surface area contributed by atoms with Gasteiger partial charge in [0.1, 0.15) is 6.04 Å². The molecule has 7 nitrogen and oxygen atoms in total. The van der Waals surface area contributed by atoms with Gasteiger partial charge in [-0.05, 0) is 43.1 Å². The molecular formula is C21H23N5O2. The minimum Gasteiger partial charge on any atom is -0.347 e. The fourth-order valence-corrected chi connectivity index (χ4v) is 3.53. The Morgan fingerprint density at radius 1 is 1.14 bits per heavy atom. The Kier molecular flexibility index (Phi) is 5.72. The number of likely N-dealkylation sites (tertiary alicyclic amines) is 1. The highest BCUT2D eigenvalue weighted by molar-refractivity contribution is 5.83. The van der Waals surface area contributed by atoms with Gasteiger partial charge >= 0.3 is 0 Å². The number of hydrogen-bond acceptors (Lipinski definition) is 6. The third-order valence-corrected chi connectivity index (χ3v) is 4.88. The van der Waals surface area contributed by atoms with Crippen LogP contribution in [0.2, 0.25) is 0 Å². The van der Waals surface area contributed by atoms with Crippen molar-refractivity contribution in [2.24, 2.45) is 0 Å². The molecule has 1 N–H and O–H groups in total. The van der Waals surface area contributed by atoms with Gasteiger partial charge in [-0.2, -0.15) is 4.98 Å². The molecule has 4 rings (SSSR count). The molecule has 1 fully saturated rings. The van der Waals surface area contributed by atoms with Crippen LogP contribution in [0.3, 0.4) is 0 Å². The van der Waals surface area contributed by atoms with Crippen molar-refractivity contribution in [1.82, 2.24) is 25.3 Å². The largest absolute Gasteiger partial charge is 0.347 e. The van der Waals surface area contributed by atoms with Crippen molar-refractivity contribution in [3.63, 3.8) is 0 Å². The molecule has 0 radical (unpaired) electrons. The molecule has 1 amide bonds. The third kappa shape index (κ3) is 4.43. The summed E-state index contributed by atoms with van der Waals surface area (Å²) in [6.45, 7) is 2.06. The molecule has 1 aliphatic rings. The van der Waals surface area contributed by atoms with Gasteiger partial charge in [-0.25, -0.2) is 0 Å². The van der Waals surface area contributed by atoms with Crippen LogP contribution in [0.25, 0.3) is 0 Å². The first-order valence-corrected chi connectivity index (χ1v) is 9.56. The molecule has 144 valence electrons. The van der Waals surface area contributed by atoms with Gasteiger partial charge in [0.15, 0.2) is 5.82 Å². The molecule has 0 saturated carbocycles. The molecule has 28 heavy (non-hydrogen) atoms. The van der Waals surface area contributed by atoms with E-state index in [0.29, 0.717) is 18.1 Å². The summed E-state index contributed by atoms with van der Waals surface area (Å²) in [6, 6.07) is 13.4. The fraction of sp³-hybridized carbons (Fsp3) is 0.333. The van der Waals surface area contributed by atoms with Crippen molar-refractivity contribution < 1.29 is 9.32 Å². The van der Waals surface area contributed by atoms with E-state index < -0.39 is 0 Å². The second kappa shape index (κ2) is 8.75. The number of rotatable bonds is 7. The maximum atomic E-state index is 12.9. The van der Waals surface area contributed by atoms with E-state index >= 15 is 0 Å². The smallest absolute Gasteiger partial charge is 0.242 e. The summed E-state index contributed by atoms with van der Waals surface area (Å²) in [7, 11) is 0. The second-order valence-electron chi connectivity index (χ2n) is 6.92. The average Bonchev–Trinajstić information content (AvgIpc) is 3.41. The van der Waals surface area contributed by atoms with Gasteiger partial charge in [-0.15, -0.1) is 0 Å². The zero-order valence-corrected chi connectivity index (χ0v) is 15.6. The van der Waals surface area contributed by atoms with Crippen LogP contribution in [-0.4, -0.2) is 39.0 Å². The highest BCUT2D eigenvalue weighted by Gasteiger charge is 2.29. The van der Waals surface area contributed by atoms with Crippen LogP contribution in [0.15, 0.2) is 59.4 Å². The van der Waals surface area contributed by atoms with Crippen molar-refractivity contribution in [2.45, 2.75) is 31.8 Å². The van der Waals surface area contributed by atoms with Crippen LogP contribution in [0, 0.1) is 0 Å². The highest BCUT2D eigenvalue weighted by atomic mass is 16.5. The Bertz CT molecular complexity index is 891. The monoisotopic (exact) mass is 377 g/mol. The van der Waals surface area contributed by atoms with Crippen molar-refractivity contribution >= 4 is 5.91 Å². The van der Waals surface area contributed by atoms with Crippen molar-refractivity contribution in [1.29, 1.82) is 0 Å². The molecule has 0 spiro atoms. The first kappa shape index (κ1) is 18.3. The Labute approximate surface area is 163 Å². The number of nitrogens with one attached hydrogen (secondary N) is 1. The van der Waals surface area contributed by atoms with E-state index in [0.717, 1.165) is 37.1 Å². The quantitative estimate of drug-likeness (QED) is 0.681. The fourth-order valence-electron chi connectivity index (χ4n) is 3.53.